The van der Waals surface area contributed by atoms with Crippen LogP contribution in [0.2, 0.25) is 0 Å². The third-order valence-electron chi connectivity index (χ3n) is 5.89. The van der Waals surface area contributed by atoms with Crippen LogP contribution in [0, 0.1) is 0 Å². The molecule has 0 radical (unpaired) electrons. The van der Waals surface area contributed by atoms with Crippen molar-refractivity contribution in [1.29, 1.82) is 0 Å². The predicted molar refractivity (Wildman–Crippen MR) is 125 cm³/mol. The highest BCUT2D eigenvalue weighted by Crippen LogP contribution is 2.28. The lowest BCUT2D eigenvalue weighted by Gasteiger charge is -2.25. The molecule has 1 fully saturated rings. The van der Waals surface area contributed by atoms with Crippen molar-refractivity contribution in [2.45, 2.75) is 25.9 Å². The van der Waals surface area contributed by atoms with Gasteiger partial charge < -0.3 is 19.2 Å². The molecule has 34 heavy (non-hydrogen) atoms. The molecule has 1 aliphatic heterocycles. The average Bonchev–Trinajstić information content (AvgIpc) is 3.55. The molecule has 4 aromatic rings. The van der Waals surface area contributed by atoms with Gasteiger partial charge in [-0.05, 0) is 29.8 Å². The number of ketones is 1. The van der Waals surface area contributed by atoms with Gasteiger partial charge in [0.25, 0.3) is 0 Å². The van der Waals surface area contributed by atoms with Gasteiger partial charge in [-0.25, -0.2) is 9.97 Å². The Hall–Kier alpha value is -3.92. The van der Waals surface area contributed by atoms with Gasteiger partial charge in [0.1, 0.15) is 5.78 Å². The lowest BCUT2D eigenvalue weighted by Crippen LogP contribution is -2.33. The largest absolute Gasteiger partial charge is 0.493 e. The first-order valence-electron chi connectivity index (χ1n) is 11.1. The number of nitrogens with one attached hydrogen (secondary N) is 1. The maximum absolute atomic E-state index is 11.6. The van der Waals surface area contributed by atoms with E-state index in [2.05, 4.69) is 20.3 Å². The van der Waals surface area contributed by atoms with Crippen molar-refractivity contribution in [2.75, 3.05) is 32.6 Å². The number of hydrogen-bond acceptors (Lipinski definition) is 9. The molecule has 10 heteroatoms. The van der Waals surface area contributed by atoms with Crippen LogP contribution in [0.5, 0.6) is 11.5 Å². The number of methoxy groups -OCH3 is 2. The first-order chi connectivity index (χ1) is 16.6. The van der Waals surface area contributed by atoms with Crippen molar-refractivity contribution >= 4 is 17.4 Å². The summed E-state index contributed by atoms with van der Waals surface area (Å²) >= 11 is 0. The zero-order chi connectivity index (χ0) is 23.5. The van der Waals surface area contributed by atoms with Crippen LogP contribution in [-0.4, -0.2) is 57.6 Å². The van der Waals surface area contributed by atoms with Crippen LogP contribution in [0.3, 0.4) is 0 Å². The van der Waals surface area contributed by atoms with E-state index in [9.17, 15) is 4.79 Å². The second-order valence-corrected chi connectivity index (χ2v) is 8.11. The van der Waals surface area contributed by atoms with Crippen molar-refractivity contribution in [2.24, 2.45) is 0 Å². The highest BCUT2D eigenvalue weighted by atomic mass is 16.5. The van der Waals surface area contributed by atoms with Crippen molar-refractivity contribution in [3.63, 3.8) is 0 Å². The Morgan fingerprint density at radius 2 is 1.94 bits per heavy atom. The number of fused-ring (bicyclic) bond motifs is 1. The standard InChI is InChI=1S/C24H26N6O4/c1-32-19-6-5-16(12-21(19)33-2)13-25-24-26-14-17(15-29-9-7-18(31)8-10-29)23-27-22(28-30(23)24)20-4-3-11-34-20/h3-6,11-12,14H,7-10,13,15H2,1-2H3,(H,25,26). The highest BCUT2D eigenvalue weighted by Gasteiger charge is 2.20. The van der Waals surface area contributed by atoms with Crippen LogP contribution in [0.1, 0.15) is 24.0 Å². The fraction of sp³-hybridized carbons (Fsp3) is 0.333. The molecule has 1 N–H and O–H groups in total. The minimum absolute atomic E-state index is 0.316. The molecule has 0 aliphatic carbocycles. The number of rotatable bonds is 8. The molecule has 0 unspecified atom stereocenters. The number of likely N-dealkylation sites (tertiary alicyclic amines) is 1. The van der Waals surface area contributed by atoms with E-state index in [1.807, 2.05) is 30.5 Å². The Morgan fingerprint density at radius 3 is 2.68 bits per heavy atom. The molecule has 4 heterocycles. The molecule has 3 aromatic heterocycles. The summed E-state index contributed by atoms with van der Waals surface area (Å²) in [7, 11) is 3.23. The maximum atomic E-state index is 11.6. The van der Waals surface area contributed by atoms with Crippen LogP contribution in [-0.2, 0) is 17.9 Å². The van der Waals surface area contributed by atoms with Gasteiger partial charge in [-0.1, -0.05) is 6.07 Å². The van der Waals surface area contributed by atoms with E-state index in [0.717, 1.165) is 24.2 Å². The Labute approximate surface area is 196 Å². The number of Topliss-reactive ketones (excluding diaryl/α,β-unsaturated/α-hetero) is 1. The molecule has 5 rings (SSSR count). The van der Waals surface area contributed by atoms with Gasteiger partial charge in [0.05, 0.1) is 20.5 Å². The predicted octanol–water partition coefficient (Wildman–Crippen LogP) is 3.18. The summed E-state index contributed by atoms with van der Waals surface area (Å²) in [5.74, 6) is 3.29. The molecule has 176 valence electrons. The second kappa shape index (κ2) is 9.52. The fourth-order valence-electron chi connectivity index (χ4n) is 4.03. The normalized spacial score (nSPS) is 14.5. The molecule has 0 atom stereocenters. The van der Waals surface area contributed by atoms with E-state index < -0.39 is 0 Å². The number of ether oxygens (including phenoxy) is 2. The van der Waals surface area contributed by atoms with Crippen LogP contribution in [0.15, 0.2) is 47.2 Å². The second-order valence-electron chi connectivity index (χ2n) is 8.11. The number of benzene rings is 1. The lowest BCUT2D eigenvalue weighted by molar-refractivity contribution is -0.121. The third kappa shape index (κ3) is 4.44. The molecule has 0 bridgehead atoms. The maximum Gasteiger partial charge on any atom is 0.226 e. The van der Waals surface area contributed by atoms with Crippen LogP contribution in [0.4, 0.5) is 5.95 Å². The van der Waals surface area contributed by atoms with Crippen LogP contribution in [0.25, 0.3) is 17.2 Å². The summed E-state index contributed by atoms with van der Waals surface area (Å²) in [6.07, 6.45) is 4.59. The number of furan rings is 1. The number of carbonyl (C=O) groups is 1. The molecule has 1 aliphatic rings. The summed E-state index contributed by atoms with van der Waals surface area (Å²) in [4.78, 5) is 23.3. The van der Waals surface area contributed by atoms with Crippen molar-refractivity contribution in [1.82, 2.24) is 24.5 Å². The van der Waals surface area contributed by atoms with Gasteiger partial charge in [0.15, 0.2) is 22.9 Å². The summed E-state index contributed by atoms with van der Waals surface area (Å²) in [6.45, 7) is 2.63. The van der Waals surface area contributed by atoms with Crippen molar-refractivity contribution in [3.8, 4) is 23.1 Å². The number of piperidine rings is 1. The summed E-state index contributed by atoms with van der Waals surface area (Å²) in [6, 6.07) is 9.39. The lowest BCUT2D eigenvalue weighted by atomic mass is 10.1. The molecular weight excluding hydrogens is 436 g/mol. The Balaban J connectivity index is 1.44. The molecule has 0 spiro atoms. The van der Waals surface area contributed by atoms with Crippen LogP contribution >= 0.6 is 0 Å². The Bertz CT molecular complexity index is 1290. The van der Waals surface area contributed by atoms with E-state index >= 15 is 0 Å². The number of anilines is 1. The molecule has 1 saturated heterocycles. The highest BCUT2D eigenvalue weighted by molar-refractivity contribution is 5.79. The summed E-state index contributed by atoms with van der Waals surface area (Å²) in [5, 5.41) is 8.02. The summed E-state index contributed by atoms with van der Waals surface area (Å²) in [5.41, 5.74) is 2.64. The van der Waals surface area contributed by atoms with Gasteiger partial charge in [-0.15, -0.1) is 5.10 Å². The molecule has 10 nitrogen and oxygen atoms in total. The number of nitrogens with zero attached hydrogens (tertiary/aromatic N) is 5. The molecular formula is C24H26N6O4. The van der Waals surface area contributed by atoms with Gasteiger partial charge >= 0.3 is 0 Å². The van der Waals surface area contributed by atoms with Crippen molar-refractivity contribution < 1.29 is 18.7 Å². The first kappa shape index (κ1) is 21.9. The number of aromatic nitrogens is 4. The topological polar surface area (TPSA) is 107 Å². The summed E-state index contributed by atoms with van der Waals surface area (Å²) < 4.78 is 18.0. The van der Waals surface area contributed by atoms with Gasteiger partial charge in [0.2, 0.25) is 11.8 Å². The fourth-order valence-corrected chi connectivity index (χ4v) is 4.03. The van der Waals surface area contributed by atoms with Gasteiger partial charge in [-0.2, -0.15) is 4.52 Å². The number of carbonyl (C=O) groups excluding carboxylic acids is 1. The van der Waals surface area contributed by atoms with E-state index in [1.165, 1.54) is 0 Å². The average molecular weight is 463 g/mol. The van der Waals surface area contributed by atoms with E-state index in [1.54, 1.807) is 31.1 Å². The van der Waals surface area contributed by atoms with Gasteiger partial charge in [0, 0.05) is 50.8 Å². The first-order valence-corrected chi connectivity index (χ1v) is 11.1. The quantitative estimate of drug-likeness (QED) is 0.422. The van der Waals surface area contributed by atoms with Crippen molar-refractivity contribution in [3.05, 3.63) is 53.9 Å². The Morgan fingerprint density at radius 1 is 1.12 bits per heavy atom. The third-order valence-corrected chi connectivity index (χ3v) is 5.89. The Kier molecular flexibility index (Phi) is 6.13. The van der Waals surface area contributed by atoms with E-state index in [0.29, 0.717) is 66.4 Å². The van der Waals surface area contributed by atoms with E-state index in [4.69, 9.17) is 18.9 Å². The number of hydrogen-bond donors (Lipinski definition) is 1. The van der Waals surface area contributed by atoms with Crippen LogP contribution < -0.4 is 14.8 Å². The zero-order valence-corrected chi connectivity index (χ0v) is 19.2. The molecule has 0 saturated carbocycles. The zero-order valence-electron chi connectivity index (χ0n) is 19.2. The molecule has 1 aromatic carbocycles. The van der Waals surface area contributed by atoms with Gasteiger partial charge in [-0.3, -0.25) is 9.69 Å². The minimum atomic E-state index is 0.316. The smallest absolute Gasteiger partial charge is 0.226 e. The molecule has 0 amide bonds. The monoisotopic (exact) mass is 462 g/mol. The van der Waals surface area contributed by atoms with E-state index in [-0.39, 0.29) is 0 Å². The minimum Gasteiger partial charge on any atom is -0.493 e. The SMILES string of the molecule is COc1ccc(CNc2ncc(CN3CCC(=O)CC3)c3nc(-c4ccco4)nn23)cc1OC.